The van der Waals surface area contributed by atoms with E-state index in [1.54, 1.807) is 17.4 Å². The molecular formula is C17H23Cl2N3O2S. The van der Waals surface area contributed by atoms with E-state index in [4.69, 9.17) is 4.74 Å². The average Bonchev–Trinajstić information content (AvgIpc) is 3.23. The number of rotatable bonds is 5. The van der Waals surface area contributed by atoms with Crippen molar-refractivity contribution in [1.82, 2.24) is 15.2 Å². The third kappa shape index (κ3) is 5.57. The van der Waals surface area contributed by atoms with Crippen molar-refractivity contribution in [3.05, 3.63) is 45.9 Å². The van der Waals surface area contributed by atoms with Gasteiger partial charge < -0.3 is 15.0 Å². The highest BCUT2D eigenvalue weighted by atomic mass is 35.5. The van der Waals surface area contributed by atoms with Gasteiger partial charge in [0.05, 0.1) is 10.7 Å². The first-order valence-corrected chi connectivity index (χ1v) is 8.63. The molecule has 1 unspecified atom stereocenters. The largest absolute Gasteiger partial charge is 0.487 e. The molecular weight excluding hydrogens is 381 g/mol. The van der Waals surface area contributed by atoms with Crippen LogP contribution in [-0.4, -0.2) is 42.0 Å². The van der Waals surface area contributed by atoms with Crippen LogP contribution in [0.2, 0.25) is 0 Å². The molecule has 1 atom stereocenters. The van der Waals surface area contributed by atoms with Crippen molar-refractivity contribution >= 4 is 42.1 Å². The minimum absolute atomic E-state index is 0. The van der Waals surface area contributed by atoms with E-state index in [-0.39, 0.29) is 36.8 Å². The minimum Gasteiger partial charge on any atom is -0.487 e. The quantitative estimate of drug-likeness (QED) is 0.831. The Morgan fingerprint density at radius 3 is 2.88 bits per heavy atom. The summed E-state index contributed by atoms with van der Waals surface area (Å²) in [6, 6.07) is 7.63. The molecule has 1 saturated heterocycles. The minimum atomic E-state index is 0. The van der Waals surface area contributed by atoms with Crippen molar-refractivity contribution in [2.75, 3.05) is 20.1 Å². The maximum absolute atomic E-state index is 12.6. The maximum atomic E-state index is 12.6. The summed E-state index contributed by atoms with van der Waals surface area (Å²) in [5.41, 5.74) is 1.57. The Morgan fingerprint density at radius 2 is 2.24 bits per heavy atom. The highest BCUT2D eigenvalue weighted by Gasteiger charge is 2.24. The second-order valence-electron chi connectivity index (χ2n) is 5.74. The van der Waals surface area contributed by atoms with Crippen LogP contribution < -0.4 is 10.1 Å². The topological polar surface area (TPSA) is 54.5 Å². The van der Waals surface area contributed by atoms with Crippen molar-refractivity contribution in [3.63, 3.8) is 0 Å². The lowest BCUT2D eigenvalue weighted by Crippen LogP contribution is -2.38. The smallest absolute Gasteiger partial charge is 0.254 e. The number of hydrogen-bond donors (Lipinski definition) is 1. The van der Waals surface area contributed by atoms with E-state index in [0.717, 1.165) is 30.2 Å². The molecule has 2 heterocycles. The molecule has 0 spiro atoms. The van der Waals surface area contributed by atoms with Gasteiger partial charge in [0.25, 0.3) is 5.91 Å². The van der Waals surface area contributed by atoms with Gasteiger partial charge in [0.15, 0.2) is 0 Å². The van der Waals surface area contributed by atoms with E-state index < -0.39 is 0 Å². The Kier molecular flexibility index (Phi) is 8.65. The van der Waals surface area contributed by atoms with Gasteiger partial charge in [-0.25, -0.2) is 4.98 Å². The summed E-state index contributed by atoms with van der Waals surface area (Å²) in [5, 5.41) is 6.31. The first kappa shape index (κ1) is 21.7. The summed E-state index contributed by atoms with van der Waals surface area (Å²) in [4.78, 5) is 18.8. The molecule has 8 heteroatoms. The fraction of sp³-hybridized carbons (Fsp3) is 0.412. The highest BCUT2D eigenvalue weighted by Crippen LogP contribution is 2.18. The number of amides is 1. The molecule has 1 aliphatic heterocycles. The van der Waals surface area contributed by atoms with Gasteiger partial charge in [0.1, 0.15) is 12.4 Å². The van der Waals surface area contributed by atoms with Crippen LogP contribution in [-0.2, 0) is 6.61 Å². The Bertz CT molecular complexity index is 690. The van der Waals surface area contributed by atoms with Crippen LogP contribution in [0, 0.1) is 6.92 Å². The Morgan fingerprint density at radius 1 is 1.44 bits per heavy atom. The van der Waals surface area contributed by atoms with Crippen LogP contribution in [0.25, 0.3) is 0 Å². The molecule has 0 aliphatic carbocycles. The lowest BCUT2D eigenvalue weighted by molar-refractivity contribution is 0.0743. The van der Waals surface area contributed by atoms with Crippen molar-refractivity contribution in [3.8, 4) is 5.75 Å². The number of thiazole rings is 1. The van der Waals surface area contributed by atoms with Gasteiger partial charge in [0, 0.05) is 30.6 Å². The van der Waals surface area contributed by atoms with Crippen molar-refractivity contribution in [1.29, 1.82) is 0 Å². The van der Waals surface area contributed by atoms with Gasteiger partial charge in [-0.15, -0.1) is 36.2 Å². The van der Waals surface area contributed by atoms with Crippen LogP contribution in [0.4, 0.5) is 0 Å². The van der Waals surface area contributed by atoms with E-state index >= 15 is 0 Å². The summed E-state index contributed by atoms with van der Waals surface area (Å²) in [7, 11) is 1.87. The van der Waals surface area contributed by atoms with Crippen LogP contribution in [0.5, 0.6) is 5.75 Å². The molecule has 0 bridgehead atoms. The lowest BCUT2D eigenvalue weighted by atomic mass is 10.1. The number of benzene rings is 1. The van der Waals surface area contributed by atoms with E-state index in [0.29, 0.717) is 17.9 Å². The van der Waals surface area contributed by atoms with Crippen LogP contribution in [0.3, 0.4) is 0 Å². The summed E-state index contributed by atoms with van der Waals surface area (Å²) < 4.78 is 5.76. The second kappa shape index (κ2) is 9.97. The van der Waals surface area contributed by atoms with E-state index in [9.17, 15) is 4.79 Å². The maximum Gasteiger partial charge on any atom is 0.254 e. The average molecular weight is 404 g/mol. The fourth-order valence-electron chi connectivity index (χ4n) is 2.69. The normalized spacial score (nSPS) is 15.8. The molecule has 3 rings (SSSR count). The summed E-state index contributed by atoms with van der Waals surface area (Å²) in [5.74, 6) is 0.730. The number of aryl methyl sites for hydroxylation is 1. The zero-order valence-corrected chi connectivity index (χ0v) is 16.7. The predicted octanol–water partition coefficient (Wildman–Crippen LogP) is 3.31. The summed E-state index contributed by atoms with van der Waals surface area (Å²) in [6.45, 7) is 4.23. The SMILES string of the molecule is Cc1nc(COc2cccc(C(=O)N(C)C3CCNC3)c2)cs1.Cl.Cl. The molecule has 1 aromatic carbocycles. The Labute approximate surface area is 164 Å². The standard InChI is InChI=1S/C17H21N3O2S.2ClH/c1-12-19-14(11-23-12)10-22-16-5-3-4-13(8-16)17(21)20(2)15-6-7-18-9-15;;/h3-5,8,11,15,18H,6-7,9-10H2,1-2H3;2*1H. The van der Waals surface area contributed by atoms with E-state index in [1.807, 2.05) is 42.5 Å². The predicted molar refractivity (Wildman–Crippen MR) is 105 cm³/mol. The number of carbonyl (C=O) groups excluding carboxylic acids is 1. The Hall–Kier alpha value is -1.34. The third-order valence-electron chi connectivity index (χ3n) is 4.04. The molecule has 1 aliphatic rings. The Balaban J connectivity index is 0.00000156. The fourth-order valence-corrected chi connectivity index (χ4v) is 3.29. The lowest BCUT2D eigenvalue weighted by Gasteiger charge is -2.24. The molecule has 2 aromatic rings. The van der Waals surface area contributed by atoms with Gasteiger partial charge in [-0.05, 0) is 38.1 Å². The summed E-state index contributed by atoms with van der Waals surface area (Å²) >= 11 is 1.61. The first-order chi connectivity index (χ1) is 11.1. The van der Waals surface area contributed by atoms with Crippen LogP contribution in [0.15, 0.2) is 29.6 Å². The summed E-state index contributed by atoms with van der Waals surface area (Å²) in [6.07, 6.45) is 1.00. The van der Waals surface area contributed by atoms with Gasteiger partial charge >= 0.3 is 0 Å². The van der Waals surface area contributed by atoms with Crippen molar-refractivity contribution in [2.24, 2.45) is 0 Å². The van der Waals surface area contributed by atoms with Gasteiger partial charge in [-0.3, -0.25) is 4.79 Å². The number of likely N-dealkylation sites (N-methyl/N-ethyl adjacent to an activating group) is 1. The van der Waals surface area contributed by atoms with Gasteiger partial charge in [0.2, 0.25) is 0 Å². The molecule has 5 nitrogen and oxygen atoms in total. The first-order valence-electron chi connectivity index (χ1n) is 7.75. The van der Waals surface area contributed by atoms with Crippen LogP contribution >= 0.6 is 36.2 Å². The van der Waals surface area contributed by atoms with Gasteiger partial charge in [-0.1, -0.05) is 6.07 Å². The van der Waals surface area contributed by atoms with E-state index in [2.05, 4.69) is 10.3 Å². The van der Waals surface area contributed by atoms with Gasteiger partial charge in [-0.2, -0.15) is 0 Å². The molecule has 138 valence electrons. The zero-order chi connectivity index (χ0) is 16.2. The number of halogens is 2. The van der Waals surface area contributed by atoms with Crippen molar-refractivity contribution < 1.29 is 9.53 Å². The van der Waals surface area contributed by atoms with Crippen LogP contribution in [0.1, 0.15) is 27.5 Å². The molecule has 0 radical (unpaired) electrons. The second-order valence-corrected chi connectivity index (χ2v) is 6.80. The zero-order valence-electron chi connectivity index (χ0n) is 14.2. The number of carbonyl (C=O) groups is 1. The molecule has 1 aromatic heterocycles. The molecule has 25 heavy (non-hydrogen) atoms. The highest BCUT2D eigenvalue weighted by molar-refractivity contribution is 7.09. The molecule has 1 amide bonds. The molecule has 1 N–H and O–H groups in total. The molecule has 1 fully saturated rings. The molecule has 0 saturated carbocycles. The van der Waals surface area contributed by atoms with Crippen molar-refractivity contribution in [2.45, 2.75) is 26.0 Å². The number of hydrogen-bond acceptors (Lipinski definition) is 5. The number of ether oxygens (including phenoxy) is 1. The number of nitrogens with one attached hydrogen (secondary N) is 1. The number of nitrogens with zero attached hydrogens (tertiary/aromatic N) is 2. The van der Waals surface area contributed by atoms with E-state index in [1.165, 1.54) is 0 Å². The number of aromatic nitrogens is 1. The monoisotopic (exact) mass is 403 g/mol. The third-order valence-corrected chi connectivity index (χ3v) is 4.86.